The number of benzene rings is 1. The fourth-order valence-electron chi connectivity index (χ4n) is 1.94. The van der Waals surface area contributed by atoms with Crippen LogP contribution in [0.3, 0.4) is 0 Å². The smallest absolute Gasteiger partial charge is 0.243 e. The lowest BCUT2D eigenvalue weighted by Gasteiger charge is -2.24. The molecule has 7 heteroatoms. The number of nitrogen functional groups attached to an aromatic ring is 1. The normalized spacial score (nSPS) is 13.3. The van der Waals surface area contributed by atoms with E-state index in [2.05, 4.69) is 4.98 Å². The van der Waals surface area contributed by atoms with E-state index in [1.807, 2.05) is 6.07 Å². The Hall–Kier alpha value is -1.63. The maximum absolute atomic E-state index is 12.6. The molecule has 0 saturated carbocycles. The third-order valence-corrected chi connectivity index (χ3v) is 5.47. The zero-order valence-corrected chi connectivity index (χ0v) is 13.3. The number of nitrogens with zero attached hydrogens (tertiary/aromatic N) is 2. The molecule has 1 atom stereocenters. The summed E-state index contributed by atoms with van der Waals surface area (Å²) in [6, 6.07) is 9.53. The van der Waals surface area contributed by atoms with Gasteiger partial charge in [-0.15, -0.1) is 0 Å². The van der Waals surface area contributed by atoms with E-state index in [1.54, 1.807) is 25.1 Å². The molecule has 21 heavy (non-hydrogen) atoms. The second kappa shape index (κ2) is 6.01. The third kappa shape index (κ3) is 3.34. The monoisotopic (exact) mass is 325 g/mol. The highest BCUT2D eigenvalue weighted by Crippen LogP contribution is 2.27. The lowest BCUT2D eigenvalue weighted by atomic mass is 10.1. The van der Waals surface area contributed by atoms with Crippen LogP contribution in [-0.4, -0.2) is 24.8 Å². The van der Waals surface area contributed by atoms with E-state index in [4.69, 9.17) is 17.3 Å². The molecule has 1 heterocycles. The summed E-state index contributed by atoms with van der Waals surface area (Å²) in [5.41, 5.74) is 6.37. The fraction of sp³-hybridized carbons (Fsp3) is 0.214. The predicted molar refractivity (Wildman–Crippen MR) is 83.5 cm³/mol. The van der Waals surface area contributed by atoms with Crippen molar-refractivity contribution >= 4 is 27.4 Å². The van der Waals surface area contributed by atoms with E-state index in [0.717, 1.165) is 5.56 Å². The van der Waals surface area contributed by atoms with Crippen LogP contribution in [0.2, 0.25) is 5.02 Å². The summed E-state index contributed by atoms with van der Waals surface area (Å²) in [5, 5.41) is 0.568. The summed E-state index contributed by atoms with van der Waals surface area (Å²) < 4.78 is 26.5. The van der Waals surface area contributed by atoms with Gasteiger partial charge in [0.15, 0.2) is 0 Å². The Morgan fingerprint density at radius 2 is 2.00 bits per heavy atom. The van der Waals surface area contributed by atoms with Gasteiger partial charge in [-0.3, -0.25) is 0 Å². The number of aromatic nitrogens is 1. The molecule has 0 aliphatic heterocycles. The van der Waals surface area contributed by atoms with Crippen LogP contribution in [0, 0.1) is 0 Å². The van der Waals surface area contributed by atoms with Crippen molar-refractivity contribution in [2.45, 2.75) is 17.9 Å². The SMILES string of the molecule is CC(c1cccc(Cl)c1)N(C)S(=O)(=O)c1ccnc(N)c1. The highest BCUT2D eigenvalue weighted by atomic mass is 35.5. The number of sulfonamides is 1. The summed E-state index contributed by atoms with van der Waals surface area (Å²) in [5.74, 6) is 0.167. The van der Waals surface area contributed by atoms with E-state index in [0.29, 0.717) is 5.02 Å². The number of halogens is 1. The van der Waals surface area contributed by atoms with E-state index >= 15 is 0 Å². The molecule has 0 aliphatic rings. The molecule has 1 aromatic carbocycles. The molecule has 0 fully saturated rings. The van der Waals surface area contributed by atoms with Crippen molar-refractivity contribution in [3.05, 3.63) is 53.2 Å². The minimum Gasteiger partial charge on any atom is -0.384 e. The Kier molecular flexibility index (Phi) is 4.51. The van der Waals surface area contributed by atoms with E-state index in [-0.39, 0.29) is 16.8 Å². The summed E-state index contributed by atoms with van der Waals surface area (Å²) >= 11 is 5.95. The van der Waals surface area contributed by atoms with Crippen molar-refractivity contribution in [1.29, 1.82) is 0 Å². The van der Waals surface area contributed by atoms with Crippen molar-refractivity contribution in [1.82, 2.24) is 9.29 Å². The van der Waals surface area contributed by atoms with Crippen molar-refractivity contribution in [3.8, 4) is 0 Å². The van der Waals surface area contributed by atoms with Crippen LogP contribution in [0.25, 0.3) is 0 Å². The predicted octanol–water partition coefficient (Wildman–Crippen LogP) is 2.70. The summed E-state index contributed by atoms with van der Waals surface area (Å²) in [4.78, 5) is 3.92. The van der Waals surface area contributed by atoms with Crippen molar-refractivity contribution in [2.75, 3.05) is 12.8 Å². The summed E-state index contributed by atoms with van der Waals surface area (Å²) in [6.45, 7) is 1.80. The molecule has 2 N–H and O–H groups in total. The first-order valence-corrected chi connectivity index (χ1v) is 8.09. The third-order valence-electron chi connectivity index (χ3n) is 3.31. The average Bonchev–Trinajstić information content (AvgIpc) is 2.45. The van der Waals surface area contributed by atoms with Crippen molar-refractivity contribution < 1.29 is 8.42 Å². The molecule has 0 saturated heterocycles. The van der Waals surface area contributed by atoms with Crippen LogP contribution in [-0.2, 0) is 10.0 Å². The Balaban J connectivity index is 2.36. The van der Waals surface area contributed by atoms with Gasteiger partial charge >= 0.3 is 0 Å². The first-order valence-electron chi connectivity index (χ1n) is 6.27. The van der Waals surface area contributed by atoms with Crippen LogP contribution < -0.4 is 5.73 Å². The highest BCUT2D eigenvalue weighted by Gasteiger charge is 2.26. The van der Waals surface area contributed by atoms with Gasteiger partial charge in [-0.25, -0.2) is 13.4 Å². The first kappa shape index (κ1) is 15.8. The Bertz CT molecular complexity index is 749. The van der Waals surface area contributed by atoms with Gasteiger partial charge < -0.3 is 5.73 Å². The second-order valence-corrected chi connectivity index (χ2v) is 7.10. The number of rotatable bonds is 4. The average molecular weight is 326 g/mol. The zero-order chi connectivity index (χ0) is 15.6. The minimum atomic E-state index is -3.65. The van der Waals surface area contributed by atoms with Crippen LogP contribution in [0.5, 0.6) is 0 Å². The first-order chi connectivity index (χ1) is 9.82. The van der Waals surface area contributed by atoms with E-state index < -0.39 is 10.0 Å². The zero-order valence-electron chi connectivity index (χ0n) is 11.7. The quantitative estimate of drug-likeness (QED) is 0.937. The highest BCUT2D eigenvalue weighted by molar-refractivity contribution is 7.89. The van der Waals surface area contributed by atoms with E-state index in [9.17, 15) is 8.42 Å². The maximum Gasteiger partial charge on any atom is 0.243 e. The maximum atomic E-state index is 12.6. The number of anilines is 1. The van der Waals surface area contributed by atoms with Crippen LogP contribution >= 0.6 is 11.6 Å². The van der Waals surface area contributed by atoms with Gasteiger partial charge in [-0.2, -0.15) is 4.31 Å². The molecule has 1 aromatic heterocycles. The molecular weight excluding hydrogens is 310 g/mol. The molecule has 0 aliphatic carbocycles. The molecule has 0 bridgehead atoms. The molecule has 0 amide bonds. The molecule has 0 radical (unpaired) electrons. The summed E-state index contributed by atoms with van der Waals surface area (Å²) in [7, 11) is -2.13. The second-order valence-electron chi connectivity index (χ2n) is 4.67. The van der Waals surface area contributed by atoms with Gasteiger partial charge in [0.2, 0.25) is 10.0 Å². The van der Waals surface area contributed by atoms with Gasteiger partial charge in [0.25, 0.3) is 0 Å². The number of nitrogens with two attached hydrogens (primary N) is 1. The van der Waals surface area contributed by atoms with Gasteiger partial charge in [-0.05, 0) is 30.7 Å². The Labute approximate surface area is 129 Å². The minimum absolute atomic E-state index is 0.117. The molecule has 112 valence electrons. The largest absolute Gasteiger partial charge is 0.384 e. The molecule has 2 aromatic rings. The van der Waals surface area contributed by atoms with Gasteiger partial charge in [0, 0.05) is 30.4 Å². The fourth-order valence-corrected chi connectivity index (χ4v) is 3.51. The van der Waals surface area contributed by atoms with E-state index in [1.165, 1.54) is 29.7 Å². The number of pyridine rings is 1. The number of hydrogen-bond acceptors (Lipinski definition) is 4. The van der Waals surface area contributed by atoms with Crippen LogP contribution in [0.15, 0.2) is 47.5 Å². The topological polar surface area (TPSA) is 76.3 Å². The lowest BCUT2D eigenvalue weighted by molar-refractivity contribution is 0.398. The number of hydrogen-bond donors (Lipinski definition) is 1. The van der Waals surface area contributed by atoms with Gasteiger partial charge in [0.1, 0.15) is 5.82 Å². The van der Waals surface area contributed by atoms with Crippen molar-refractivity contribution in [3.63, 3.8) is 0 Å². The van der Waals surface area contributed by atoms with Crippen molar-refractivity contribution in [2.24, 2.45) is 0 Å². The van der Waals surface area contributed by atoms with Crippen LogP contribution in [0.1, 0.15) is 18.5 Å². The van der Waals surface area contributed by atoms with Gasteiger partial charge in [0.05, 0.1) is 4.90 Å². The molecule has 0 spiro atoms. The molecule has 1 unspecified atom stereocenters. The Morgan fingerprint density at radius 1 is 1.29 bits per heavy atom. The lowest BCUT2D eigenvalue weighted by Crippen LogP contribution is -2.30. The summed E-state index contributed by atoms with van der Waals surface area (Å²) in [6.07, 6.45) is 1.38. The Morgan fingerprint density at radius 3 is 2.62 bits per heavy atom. The standard InChI is InChI=1S/C14H16ClN3O2S/c1-10(11-4-3-5-12(15)8-11)18(2)21(19,20)13-6-7-17-14(16)9-13/h3-10H,1-2H3,(H2,16,17). The van der Waals surface area contributed by atoms with Gasteiger partial charge in [-0.1, -0.05) is 23.7 Å². The molecule has 5 nitrogen and oxygen atoms in total. The molecule has 2 rings (SSSR count). The molecular formula is C14H16ClN3O2S. The van der Waals surface area contributed by atoms with Crippen LogP contribution in [0.4, 0.5) is 5.82 Å².